The Labute approximate surface area is 219 Å². The van der Waals surface area contributed by atoms with Crippen molar-refractivity contribution in [3.63, 3.8) is 0 Å². The van der Waals surface area contributed by atoms with Gasteiger partial charge in [-0.25, -0.2) is 9.50 Å². The van der Waals surface area contributed by atoms with Crippen LogP contribution in [0, 0.1) is 11.3 Å². The summed E-state index contributed by atoms with van der Waals surface area (Å²) in [6.45, 7) is 3.21. The molecule has 36 heavy (non-hydrogen) atoms. The summed E-state index contributed by atoms with van der Waals surface area (Å²) in [7, 11) is 1.90. The average Bonchev–Trinajstić information content (AvgIpc) is 3.65. The molecule has 1 N–H and O–H groups in total. The Morgan fingerprint density at radius 1 is 1.03 bits per heavy atom. The molecule has 4 aromatic heterocycles. The van der Waals surface area contributed by atoms with Crippen molar-refractivity contribution < 1.29 is 3.84 Å². The van der Waals surface area contributed by atoms with Gasteiger partial charge < -0.3 is 10.2 Å². The topological polar surface area (TPSA) is 96.3 Å². The molecule has 0 saturated carbocycles. The van der Waals surface area contributed by atoms with Crippen LogP contribution in [0.15, 0.2) is 49.2 Å². The maximum atomic E-state index is 9.64. The zero-order valence-electron chi connectivity index (χ0n) is 19.9. The van der Waals surface area contributed by atoms with Crippen LogP contribution in [0.25, 0.3) is 27.8 Å². The fourth-order valence-corrected chi connectivity index (χ4v) is 5.34. The largest absolute Gasteiger partial charge is 0.356 e. The molecule has 6 rings (SSSR count). The number of aromatic nitrogens is 5. The van der Waals surface area contributed by atoms with Crippen LogP contribution in [-0.2, 0) is 10.9 Å². The lowest BCUT2D eigenvalue weighted by atomic mass is 9.86. The minimum atomic E-state index is 0.352. The molecule has 2 aliphatic rings. The summed E-state index contributed by atoms with van der Waals surface area (Å²) in [6.07, 6.45) is 14.2. The number of rotatable bonds is 3. The van der Waals surface area contributed by atoms with E-state index in [4.69, 9.17) is 4.98 Å². The van der Waals surface area contributed by atoms with Crippen molar-refractivity contribution in [1.82, 2.24) is 29.7 Å². The smallest absolute Gasteiger partial charge is 0.128 e. The minimum Gasteiger partial charge on any atom is -0.356 e. The van der Waals surface area contributed by atoms with Gasteiger partial charge in [-0.05, 0) is 50.4 Å². The van der Waals surface area contributed by atoms with Crippen LogP contribution < -0.4 is 10.2 Å². The van der Waals surface area contributed by atoms with Crippen LogP contribution >= 0.6 is 23.7 Å². The molecular formula is C25H26Cl2N8O. The molecule has 0 aliphatic carbocycles. The second kappa shape index (κ2) is 10.4. The lowest BCUT2D eigenvalue weighted by Crippen LogP contribution is -2.50. The summed E-state index contributed by atoms with van der Waals surface area (Å²) < 4.78 is 6.76. The fraction of sp³-hybridized carbons (Fsp3) is 0.360. The number of hydrogen-bond acceptors (Lipinski definition) is 7. The van der Waals surface area contributed by atoms with Gasteiger partial charge in [0.1, 0.15) is 11.9 Å². The number of nitriles is 1. The number of piperidine rings is 1. The molecule has 4 aromatic rings. The maximum absolute atomic E-state index is 9.64. The Morgan fingerprint density at radius 2 is 1.83 bits per heavy atom. The molecule has 0 unspecified atom stereocenters. The maximum Gasteiger partial charge on any atom is 0.128 e. The van der Waals surface area contributed by atoms with E-state index >= 15 is 0 Å². The Balaban J connectivity index is 0.000000848. The molecule has 1 spiro atoms. The molecule has 2 aliphatic heterocycles. The zero-order chi connectivity index (χ0) is 25.1. The summed E-state index contributed by atoms with van der Waals surface area (Å²) in [5, 5.41) is 22.1. The summed E-state index contributed by atoms with van der Waals surface area (Å²) in [5.74, 6) is 1.01. The summed E-state index contributed by atoms with van der Waals surface area (Å²) >= 11 is 8.53. The van der Waals surface area contributed by atoms with Crippen LogP contribution in [0.4, 0.5) is 5.82 Å². The molecular weight excluding hydrogens is 499 g/mol. The first-order valence-corrected chi connectivity index (χ1v) is 12.4. The number of nitrogens with one attached hydrogen (secondary N) is 1. The Kier molecular flexibility index (Phi) is 7.12. The number of hydrogen-bond donors (Lipinski definition) is 1. The fourth-order valence-electron chi connectivity index (χ4n) is 5.34. The highest BCUT2D eigenvalue weighted by molar-refractivity contribution is 6.24. The molecule has 6 heterocycles. The third kappa shape index (κ3) is 4.77. The van der Waals surface area contributed by atoms with Crippen molar-refractivity contribution in [3.8, 4) is 28.3 Å². The second-order valence-corrected chi connectivity index (χ2v) is 9.74. The number of halogens is 2. The molecule has 0 aromatic carbocycles. The van der Waals surface area contributed by atoms with E-state index in [0.717, 1.165) is 53.2 Å². The van der Waals surface area contributed by atoms with Crippen molar-refractivity contribution in [2.45, 2.75) is 31.2 Å². The number of anilines is 1. The van der Waals surface area contributed by atoms with Crippen LogP contribution in [-0.4, -0.2) is 49.6 Å². The van der Waals surface area contributed by atoms with Gasteiger partial charge in [0, 0.05) is 66.5 Å². The second-order valence-electron chi connectivity index (χ2n) is 9.27. The van der Waals surface area contributed by atoms with Gasteiger partial charge in [-0.2, -0.15) is 19.3 Å². The molecule has 9 nitrogen and oxygen atoms in total. The first kappa shape index (κ1) is 24.5. The number of fused-ring (bicyclic) bond motifs is 1. The Hall–Kier alpha value is -3.16. The van der Waals surface area contributed by atoms with E-state index in [1.165, 1.54) is 25.7 Å². The molecule has 0 amide bonds. The molecule has 186 valence electrons. The zero-order valence-corrected chi connectivity index (χ0v) is 21.4. The Morgan fingerprint density at radius 3 is 2.44 bits per heavy atom. The van der Waals surface area contributed by atoms with E-state index in [1.807, 2.05) is 31.8 Å². The molecule has 0 atom stereocenters. The number of nitrogens with zero attached hydrogens (tertiary/aromatic N) is 7. The average molecular weight is 525 g/mol. The van der Waals surface area contributed by atoms with E-state index in [-0.39, 0.29) is 0 Å². The van der Waals surface area contributed by atoms with Crippen LogP contribution in [0.2, 0.25) is 0 Å². The van der Waals surface area contributed by atoms with Gasteiger partial charge in [-0.15, -0.1) is 0 Å². The quantitative estimate of drug-likeness (QED) is 0.414. The standard InChI is InChI=1S/C25H26N8.Cl2O/c1-31-16-21(15-29-31)19-11-22(24-20(12-26)14-30-33(24)17-19)18-3-4-23(27-13-18)32-9-6-25(7-10-32)5-2-8-28-25;1-3-2/h3-4,11,13-17,28H,2,5-10H2,1H3;. The highest BCUT2D eigenvalue weighted by Crippen LogP contribution is 2.34. The Bertz CT molecular complexity index is 1380. The molecule has 0 bridgehead atoms. The third-order valence-corrected chi connectivity index (χ3v) is 7.21. The molecule has 2 saturated heterocycles. The molecule has 2 fully saturated rings. The predicted molar refractivity (Wildman–Crippen MR) is 140 cm³/mol. The highest BCUT2D eigenvalue weighted by atomic mass is 35.6. The van der Waals surface area contributed by atoms with Crippen molar-refractivity contribution in [3.05, 3.63) is 54.7 Å². The van der Waals surface area contributed by atoms with Gasteiger partial charge in [-0.3, -0.25) is 4.68 Å². The minimum absolute atomic E-state index is 0.352. The van der Waals surface area contributed by atoms with Crippen LogP contribution in [0.3, 0.4) is 0 Å². The van der Waals surface area contributed by atoms with Crippen molar-refractivity contribution in [2.24, 2.45) is 7.05 Å². The van der Waals surface area contributed by atoms with Gasteiger partial charge in [0.05, 0.1) is 47.2 Å². The number of aryl methyl sites for hydroxylation is 1. The van der Waals surface area contributed by atoms with Gasteiger partial charge in [0.2, 0.25) is 0 Å². The first-order chi connectivity index (χ1) is 17.6. The number of pyridine rings is 2. The van der Waals surface area contributed by atoms with E-state index in [9.17, 15) is 5.26 Å². The van der Waals surface area contributed by atoms with Gasteiger partial charge in [0.15, 0.2) is 0 Å². The monoisotopic (exact) mass is 524 g/mol. The highest BCUT2D eigenvalue weighted by Gasteiger charge is 2.36. The molecule has 11 heteroatoms. The SMILES string of the molecule is ClOCl.Cn1cc(-c2cc(-c3ccc(N4CCC5(CCCN5)CC4)nc3)c3c(C#N)cnn3c2)cn1. The van der Waals surface area contributed by atoms with Crippen LogP contribution in [0.5, 0.6) is 0 Å². The van der Waals surface area contributed by atoms with Crippen molar-refractivity contribution >= 4 is 35.1 Å². The lowest BCUT2D eigenvalue weighted by molar-refractivity contribution is 0.296. The summed E-state index contributed by atoms with van der Waals surface area (Å²) in [6, 6.07) is 8.59. The van der Waals surface area contributed by atoms with E-state index in [1.54, 1.807) is 15.4 Å². The van der Waals surface area contributed by atoms with Crippen LogP contribution in [0.1, 0.15) is 31.2 Å². The summed E-state index contributed by atoms with van der Waals surface area (Å²) in [4.78, 5) is 7.21. The van der Waals surface area contributed by atoms with Crippen molar-refractivity contribution in [2.75, 3.05) is 24.5 Å². The first-order valence-electron chi connectivity index (χ1n) is 11.8. The van der Waals surface area contributed by atoms with E-state index in [0.29, 0.717) is 11.1 Å². The van der Waals surface area contributed by atoms with E-state index in [2.05, 4.69) is 72.3 Å². The van der Waals surface area contributed by atoms with Gasteiger partial charge >= 0.3 is 0 Å². The molecule has 0 radical (unpaired) electrons. The summed E-state index contributed by atoms with van der Waals surface area (Å²) in [5.41, 5.74) is 5.61. The van der Waals surface area contributed by atoms with Crippen molar-refractivity contribution in [1.29, 1.82) is 5.26 Å². The van der Waals surface area contributed by atoms with Gasteiger partial charge in [-0.1, -0.05) is 0 Å². The van der Waals surface area contributed by atoms with E-state index < -0.39 is 0 Å². The van der Waals surface area contributed by atoms with Gasteiger partial charge in [0.25, 0.3) is 0 Å². The lowest BCUT2D eigenvalue weighted by Gasteiger charge is -2.40. The normalized spacial score (nSPS) is 16.7. The third-order valence-electron chi connectivity index (χ3n) is 7.21. The predicted octanol–water partition coefficient (Wildman–Crippen LogP) is 4.70.